The maximum Gasteiger partial charge on any atom is 0.244 e. The van der Waals surface area contributed by atoms with Crippen LogP contribution in [0.3, 0.4) is 0 Å². The zero-order valence-corrected chi connectivity index (χ0v) is 13.5. The number of carbonyl (C=O) groups is 1. The summed E-state index contributed by atoms with van der Waals surface area (Å²) < 4.78 is 3.48. The Morgan fingerprint density at radius 2 is 2.19 bits per heavy atom. The molecule has 2 aromatic rings. The molecule has 0 spiro atoms. The van der Waals surface area contributed by atoms with Gasteiger partial charge in [-0.2, -0.15) is 10.2 Å². The van der Waals surface area contributed by atoms with Crippen molar-refractivity contribution >= 4 is 17.5 Å². The van der Waals surface area contributed by atoms with Crippen molar-refractivity contribution in [2.75, 3.05) is 0 Å². The molecule has 2 aromatic heterocycles. The molecule has 1 atom stereocenters. The first-order chi connectivity index (χ1) is 9.93. The van der Waals surface area contributed by atoms with Crippen LogP contribution in [0.1, 0.15) is 36.8 Å². The topological polar surface area (TPSA) is 64.7 Å². The smallest absolute Gasteiger partial charge is 0.244 e. The van der Waals surface area contributed by atoms with Crippen LogP contribution in [0.15, 0.2) is 12.4 Å². The van der Waals surface area contributed by atoms with Crippen LogP contribution in [0.4, 0.5) is 0 Å². The summed E-state index contributed by atoms with van der Waals surface area (Å²) in [6.07, 6.45) is 3.46. The minimum absolute atomic E-state index is 0.0992. The van der Waals surface area contributed by atoms with E-state index in [1.54, 1.807) is 24.0 Å². The fraction of sp³-hybridized carbons (Fsp3) is 0.500. The minimum atomic E-state index is -0.405. The van der Waals surface area contributed by atoms with Gasteiger partial charge in [0.1, 0.15) is 6.04 Å². The molecule has 0 bridgehead atoms. The molecule has 7 heteroatoms. The standard InChI is InChI=1S/C14H20ClN5O/c1-5-19-10(3)12(7-17-19)6-16-14(21)11(4)20-8-13(15)9(2)18-20/h7-8,11H,5-6H2,1-4H3,(H,16,21). The number of nitrogens with zero attached hydrogens (tertiary/aromatic N) is 4. The van der Waals surface area contributed by atoms with Crippen LogP contribution >= 0.6 is 11.6 Å². The Bertz CT molecular complexity index is 626. The van der Waals surface area contributed by atoms with Crippen LogP contribution in [-0.4, -0.2) is 25.5 Å². The lowest BCUT2D eigenvalue weighted by Crippen LogP contribution is -2.31. The third-order valence-corrected chi connectivity index (χ3v) is 3.96. The van der Waals surface area contributed by atoms with E-state index < -0.39 is 6.04 Å². The summed E-state index contributed by atoms with van der Waals surface area (Å²) in [6.45, 7) is 8.92. The Balaban J connectivity index is 1.99. The number of rotatable bonds is 5. The predicted octanol–water partition coefficient (Wildman–Crippen LogP) is 2.25. The van der Waals surface area contributed by atoms with Gasteiger partial charge in [-0.05, 0) is 27.7 Å². The van der Waals surface area contributed by atoms with Crippen molar-refractivity contribution in [2.45, 2.75) is 46.8 Å². The second-order valence-corrected chi connectivity index (χ2v) is 5.41. The molecule has 0 saturated carbocycles. The predicted molar refractivity (Wildman–Crippen MR) is 81.2 cm³/mol. The third-order valence-electron chi connectivity index (χ3n) is 3.59. The zero-order valence-electron chi connectivity index (χ0n) is 12.7. The number of hydrogen-bond donors (Lipinski definition) is 1. The van der Waals surface area contributed by atoms with Crippen molar-refractivity contribution in [3.63, 3.8) is 0 Å². The minimum Gasteiger partial charge on any atom is -0.350 e. The number of nitrogens with one attached hydrogen (secondary N) is 1. The monoisotopic (exact) mass is 309 g/mol. The first-order valence-corrected chi connectivity index (χ1v) is 7.32. The molecule has 21 heavy (non-hydrogen) atoms. The fourth-order valence-corrected chi connectivity index (χ4v) is 2.22. The number of aryl methyl sites for hydroxylation is 2. The van der Waals surface area contributed by atoms with Crippen LogP contribution in [-0.2, 0) is 17.9 Å². The molecule has 0 aromatic carbocycles. The van der Waals surface area contributed by atoms with Gasteiger partial charge < -0.3 is 5.32 Å². The molecule has 0 aliphatic rings. The van der Waals surface area contributed by atoms with Gasteiger partial charge in [0.05, 0.1) is 16.9 Å². The van der Waals surface area contributed by atoms with E-state index in [0.29, 0.717) is 11.6 Å². The second-order valence-electron chi connectivity index (χ2n) is 5.01. The van der Waals surface area contributed by atoms with Gasteiger partial charge in [0, 0.05) is 30.5 Å². The fourth-order valence-electron chi connectivity index (χ4n) is 2.09. The van der Waals surface area contributed by atoms with Gasteiger partial charge in [-0.1, -0.05) is 11.6 Å². The molecule has 2 heterocycles. The molecule has 114 valence electrons. The summed E-state index contributed by atoms with van der Waals surface area (Å²) in [5.41, 5.74) is 2.81. The summed E-state index contributed by atoms with van der Waals surface area (Å²) in [6, 6.07) is -0.405. The molecule has 0 aliphatic carbocycles. The van der Waals surface area contributed by atoms with E-state index in [-0.39, 0.29) is 5.91 Å². The van der Waals surface area contributed by atoms with Gasteiger partial charge in [-0.3, -0.25) is 14.2 Å². The number of halogens is 1. The number of aromatic nitrogens is 4. The zero-order chi connectivity index (χ0) is 15.6. The Morgan fingerprint density at radius 1 is 1.48 bits per heavy atom. The SMILES string of the molecule is CCn1ncc(CNC(=O)C(C)n2cc(Cl)c(C)n2)c1C. The average Bonchev–Trinajstić information content (AvgIpc) is 2.99. The molecule has 0 saturated heterocycles. The van der Waals surface area contributed by atoms with Crippen LogP contribution in [0.2, 0.25) is 5.02 Å². The lowest BCUT2D eigenvalue weighted by Gasteiger charge is -2.12. The van der Waals surface area contributed by atoms with Gasteiger partial charge in [0.2, 0.25) is 5.91 Å². The highest BCUT2D eigenvalue weighted by Crippen LogP contribution is 2.16. The number of amides is 1. The summed E-state index contributed by atoms with van der Waals surface area (Å²) in [7, 11) is 0. The van der Waals surface area contributed by atoms with E-state index in [4.69, 9.17) is 11.6 Å². The van der Waals surface area contributed by atoms with Crippen molar-refractivity contribution in [2.24, 2.45) is 0 Å². The highest BCUT2D eigenvalue weighted by Gasteiger charge is 2.17. The van der Waals surface area contributed by atoms with E-state index >= 15 is 0 Å². The van der Waals surface area contributed by atoms with Crippen LogP contribution in [0.5, 0.6) is 0 Å². The molecule has 0 aliphatic heterocycles. The molecule has 0 radical (unpaired) electrons. The molecule has 6 nitrogen and oxygen atoms in total. The first-order valence-electron chi connectivity index (χ1n) is 6.94. The van der Waals surface area contributed by atoms with Crippen molar-refractivity contribution < 1.29 is 4.79 Å². The molecular weight excluding hydrogens is 290 g/mol. The van der Waals surface area contributed by atoms with Crippen LogP contribution in [0.25, 0.3) is 0 Å². The second kappa shape index (κ2) is 6.30. The summed E-state index contributed by atoms with van der Waals surface area (Å²) in [4.78, 5) is 12.2. The van der Waals surface area contributed by atoms with Crippen molar-refractivity contribution in [3.05, 3.63) is 34.4 Å². The molecular formula is C14H20ClN5O. The average molecular weight is 310 g/mol. The summed E-state index contributed by atoms with van der Waals surface area (Å²) in [5, 5.41) is 12.0. The third kappa shape index (κ3) is 3.26. The van der Waals surface area contributed by atoms with Crippen LogP contribution < -0.4 is 5.32 Å². The van der Waals surface area contributed by atoms with Crippen LogP contribution in [0, 0.1) is 13.8 Å². The lowest BCUT2D eigenvalue weighted by atomic mass is 10.2. The first kappa shape index (κ1) is 15.6. The van der Waals surface area contributed by atoms with Crippen molar-refractivity contribution in [1.29, 1.82) is 0 Å². The molecule has 1 amide bonds. The Morgan fingerprint density at radius 3 is 2.71 bits per heavy atom. The molecule has 2 rings (SSSR count). The van der Waals surface area contributed by atoms with Gasteiger partial charge in [-0.15, -0.1) is 0 Å². The van der Waals surface area contributed by atoms with Gasteiger partial charge in [0.15, 0.2) is 0 Å². The van der Waals surface area contributed by atoms with E-state index in [1.165, 1.54) is 0 Å². The molecule has 0 fully saturated rings. The number of carbonyl (C=O) groups excluding carboxylic acids is 1. The largest absolute Gasteiger partial charge is 0.350 e. The lowest BCUT2D eigenvalue weighted by molar-refractivity contribution is -0.124. The molecule has 1 unspecified atom stereocenters. The highest BCUT2D eigenvalue weighted by atomic mass is 35.5. The van der Waals surface area contributed by atoms with Gasteiger partial charge >= 0.3 is 0 Å². The quantitative estimate of drug-likeness (QED) is 0.921. The van der Waals surface area contributed by atoms with Gasteiger partial charge in [-0.25, -0.2) is 0 Å². The van der Waals surface area contributed by atoms with E-state index in [0.717, 1.165) is 23.5 Å². The Hall–Kier alpha value is -1.82. The van der Waals surface area contributed by atoms with E-state index in [9.17, 15) is 4.79 Å². The summed E-state index contributed by atoms with van der Waals surface area (Å²) in [5.74, 6) is -0.0992. The molecule has 1 N–H and O–H groups in total. The van der Waals surface area contributed by atoms with E-state index in [2.05, 4.69) is 15.5 Å². The van der Waals surface area contributed by atoms with E-state index in [1.807, 2.05) is 25.5 Å². The Labute approximate surface area is 129 Å². The van der Waals surface area contributed by atoms with Crippen molar-refractivity contribution in [1.82, 2.24) is 24.9 Å². The van der Waals surface area contributed by atoms with Crippen molar-refractivity contribution in [3.8, 4) is 0 Å². The maximum atomic E-state index is 12.2. The maximum absolute atomic E-state index is 12.2. The normalized spacial score (nSPS) is 12.4. The van der Waals surface area contributed by atoms with Gasteiger partial charge in [0.25, 0.3) is 0 Å². The summed E-state index contributed by atoms with van der Waals surface area (Å²) >= 11 is 5.96. The highest BCUT2D eigenvalue weighted by molar-refractivity contribution is 6.31. The number of hydrogen-bond acceptors (Lipinski definition) is 3. The Kier molecular flexibility index (Phi) is 4.67.